The number of rotatable bonds is 6. The van der Waals surface area contributed by atoms with E-state index in [9.17, 15) is 17.5 Å². The maximum atomic E-state index is 13.2. The molecule has 0 saturated carbocycles. The van der Waals surface area contributed by atoms with Crippen LogP contribution in [0.2, 0.25) is 0 Å². The van der Waals surface area contributed by atoms with Crippen LogP contribution in [0.4, 0.5) is 0 Å². The van der Waals surface area contributed by atoms with Gasteiger partial charge < -0.3 is 4.74 Å². The molecule has 0 amide bonds. The fraction of sp³-hybridized carbons (Fsp3) is 0.400. The Balaban J connectivity index is 1.66. The van der Waals surface area contributed by atoms with E-state index in [0.717, 1.165) is 19.6 Å². The summed E-state index contributed by atoms with van der Waals surface area (Å²) in [6.45, 7) is 3.33. The summed E-state index contributed by atoms with van der Waals surface area (Å²) in [5.41, 5.74) is 0.396. The third-order valence-corrected chi connectivity index (χ3v) is 9.54. The highest BCUT2D eigenvalue weighted by molar-refractivity contribution is 8.25. The standard InChI is InChI=1S/C20H25NO5S2/c22-27(23)15-19(28(24,25)16-7-2-1-3-8-16)20-17(9-6-10-18(20)27)26-14-13-21-11-4-5-12-21/h1-3,6-10,19,22-23H,4-5,11-15H2. The number of ether oxygens (including phenoxy) is 1. The molecule has 1 saturated heterocycles. The van der Waals surface area contributed by atoms with Crippen molar-refractivity contribution in [1.29, 1.82) is 0 Å². The van der Waals surface area contributed by atoms with Crippen LogP contribution < -0.4 is 4.74 Å². The van der Waals surface area contributed by atoms with Gasteiger partial charge in [0.25, 0.3) is 0 Å². The lowest BCUT2D eigenvalue weighted by Crippen LogP contribution is -2.25. The van der Waals surface area contributed by atoms with E-state index in [-0.39, 0.29) is 15.5 Å². The molecule has 2 aliphatic heterocycles. The molecular formula is C20H25NO5S2. The van der Waals surface area contributed by atoms with Crippen LogP contribution in [0, 0.1) is 0 Å². The lowest BCUT2D eigenvalue weighted by Gasteiger charge is -2.27. The molecule has 1 unspecified atom stereocenters. The Hall–Kier alpha value is -1.58. The highest BCUT2D eigenvalue weighted by Gasteiger charge is 2.45. The highest BCUT2D eigenvalue weighted by atomic mass is 32.3. The summed E-state index contributed by atoms with van der Waals surface area (Å²) >= 11 is 0. The van der Waals surface area contributed by atoms with Gasteiger partial charge in [-0.1, -0.05) is 24.3 Å². The lowest BCUT2D eigenvalue weighted by molar-refractivity contribution is 0.236. The van der Waals surface area contributed by atoms with Crippen LogP contribution in [0.5, 0.6) is 5.75 Å². The fourth-order valence-electron chi connectivity index (χ4n) is 3.95. The summed E-state index contributed by atoms with van der Waals surface area (Å²) in [6, 6.07) is 13.2. The largest absolute Gasteiger partial charge is 0.492 e. The van der Waals surface area contributed by atoms with Gasteiger partial charge in [-0.3, -0.25) is 14.0 Å². The van der Waals surface area contributed by atoms with Crippen molar-refractivity contribution >= 4 is 20.4 Å². The van der Waals surface area contributed by atoms with E-state index < -0.39 is 25.7 Å². The third kappa shape index (κ3) is 3.67. The second-order valence-corrected chi connectivity index (χ2v) is 11.5. The number of likely N-dealkylation sites (tertiary alicyclic amines) is 1. The van der Waals surface area contributed by atoms with Crippen molar-refractivity contribution in [1.82, 2.24) is 4.90 Å². The van der Waals surface area contributed by atoms with Gasteiger partial charge in [0.05, 0.1) is 15.5 Å². The van der Waals surface area contributed by atoms with E-state index in [1.54, 1.807) is 36.4 Å². The van der Waals surface area contributed by atoms with Gasteiger partial charge in [0.1, 0.15) is 17.6 Å². The molecule has 28 heavy (non-hydrogen) atoms. The molecule has 2 N–H and O–H groups in total. The smallest absolute Gasteiger partial charge is 0.187 e. The molecule has 2 aromatic rings. The molecule has 6 nitrogen and oxygen atoms in total. The number of nitrogens with zero attached hydrogens (tertiary/aromatic N) is 1. The number of hydrogen-bond acceptors (Lipinski definition) is 6. The van der Waals surface area contributed by atoms with Gasteiger partial charge in [-0.25, -0.2) is 8.42 Å². The molecule has 1 atom stereocenters. The van der Waals surface area contributed by atoms with Gasteiger partial charge in [0.15, 0.2) is 9.84 Å². The van der Waals surface area contributed by atoms with Crippen LogP contribution >= 0.6 is 10.6 Å². The first-order valence-electron chi connectivity index (χ1n) is 9.42. The Morgan fingerprint density at radius 2 is 1.75 bits per heavy atom. The Kier molecular flexibility index (Phi) is 5.41. The topological polar surface area (TPSA) is 87.1 Å². The monoisotopic (exact) mass is 423 g/mol. The quantitative estimate of drug-likeness (QED) is 0.735. The fourth-order valence-corrected chi connectivity index (χ4v) is 8.39. The third-order valence-electron chi connectivity index (χ3n) is 5.39. The molecule has 2 aliphatic rings. The summed E-state index contributed by atoms with van der Waals surface area (Å²) in [6.07, 6.45) is 2.39. The molecule has 0 aliphatic carbocycles. The van der Waals surface area contributed by atoms with E-state index in [2.05, 4.69) is 4.90 Å². The van der Waals surface area contributed by atoms with Gasteiger partial charge in [-0.15, -0.1) is 0 Å². The predicted molar refractivity (Wildman–Crippen MR) is 110 cm³/mol. The minimum atomic E-state index is -3.78. The number of sulfone groups is 1. The average molecular weight is 424 g/mol. The molecule has 2 aromatic carbocycles. The average Bonchev–Trinajstić information content (AvgIpc) is 3.29. The molecule has 0 aromatic heterocycles. The zero-order valence-electron chi connectivity index (χ0n) is 15.5. The van der Waals surface area contributed by atoms with Crippen molar-refractivity contribution in [3.8, 4) is 5.75 Å². The van der Waals surface area contributed by atoms with E-state index in [1.165, 1.54) is 25.0 Å². The van der Waals surface area contributed by atoms with Gasteiger partial charge >= 0.3 is 0 Å². The number of fused-ring (bicyclic) bond motifs is 1. The Bertz CT molecular complexity index is 940. The summed E-state index contributed by atoms with van der Waals surface area (Å²) in [5, 5.41) is -1.03. The second kappa shape index (κ2) is 7.68. The van der Waals surface area contributed by atoms with E-state index in [0.29, 0.717) is 17.9 Å². The summed E-state index contributed by atoms with van der Waals surface area (Å²) in [4.78, 5) is 2.78. The van der Waals surface area contributed by atoms with Crippen molar-refractivity contribution in [3.63, 3.8) is 0 Å². The number of benzene rings is 2. The lowest BCUT2D eigenvalue weighted by atomic mass is 10.1. The normalized spacial score (nSPS) is 22.7. The van der Waals surface area contributed by atoms with Crippen LogP contribution in [0.15, 0.2) is 58.3 Å². The number of hydrogen-bond donors (Lipinski definition) is 2. The van der Waals surface area contributed by atoms with Crippen molar-refractivity contribution in [2.45, 2.75) is 27.9 Å². The van der Waals surface area contributed by atoms with Gasteiger partial charge in [-0.2, -0.15) is 10.6 Å². The Morgan fingerprint density at radius 3 is 2.46 bits per heavy atom. The van der Waals surface area contributed by atoms with Crippen LogP contribution in [0.1, 0.15) is 23.7 Å². The minimum absolute atomic E-state index is 0.176. The first kappa shape index (κ1) is 19.7. The highest BCUT2D eigenvalue weighted by Crippen LogP contribution is 2.63. The van der Waals surface area contributed by atoms with Crippen LogP contribution in [-0.4, -0.2) is 54.4 Å². The predicted octanol–water partition coefficient (Wildman–Crippen LogP) is 3.80. The maximum Gasteiger partial charge on any atom is 0.187 e. The van der Waals surface area contributed by atoms with Crippen molar-refractivity contribution in [2.75, 3.05) is 32.0 Å². The van der Waals surface area contributed by atoms with Crippen LogP contribution in [-0.2, 0) is 9.84 Å². The van der Waals surface area contributed by atoms with E-state index in [1.807, 2.05) is 0 Å². The van der Waals surface area contributed by atoms with Crippen molar-refractivity contribution < 1.29 is 22.3 Å². The molecule has 0 spiro atoms. The van der Waals surface area contributed by atoms with Gasteiger partial charge in [0.2, 0.25) is 0 Å². The Morgan fingerprint density at radius 1 is 1.04 bits per heavy atom. The first-order chi connectivity index (χ1) is 13.4. The van der Waals surface area contributed by atoms with Crippen LogP contribution in [0.3, 0.4) is 0 Å². The SMILES string of the molecule is O=S(=O)(c1ccccc1)C1CS(O)(O)c2cccc(OCCN3CCCC3)c21. The minimum Gasteiger partial charge on any atom is -0.492 e. The molecule has 8 heteroatoms. The summed E-state index contributed by atoms with van der Waals surface area (Å²) in [5.74, 6) is 0.199. The maximum absolute atomic E-state index is 13.2. The summed E-state index contributed by atoms with van der Waals surface area (Å²) < 4.78 is 53.6. The molecule has 1 fully saturated rings. The molecular weight excluding hydrogens is 398 g/mol. The zero-order chi connectivity index (χ0) is 19.8. The van der Waals surface area contributed by atoms with Crippen LogP contribution in [0.25, 0.3) is 0 Å². The van der Waals surface area contributed by atoms with Gasteiger partial charge in [-0.05, 0) is 50.2 Å². The van der Waals surface area contributed by atoms with Gasteiger partial charge in [0, 0.05) is 12.1 Å². The Labute approximate surface area is 167 Å². The first-order valence-corrected chi connectivity index (χ1v) is 12.7. The molecule has 0 radical (unpaired) electrons. The summed E-state index contributed by atoms with van der Waals surface area (Å²) in [7, 11) is -6.95. The molecule has 2 heterocycles. The molecule has 4 rings (SSSR count). The molecule has 152 valence electrons. The van der Waals surface area contributed by atoms with E-state index >= 15 is 0 Å². The van der Waals surface area contributed by atoms with E-state index in [4.69, 9.17) is 4.74 Å². The van der Waals surface area contributed by atoms with Crippen molar-refractivity contribution in [3.05, 3.63) is 54.1 Å². The zero-order valence-corrected chi connectivity index (χ0v) is 17.2. The molecule has 0 bridgehead atoms. The van der Waals surface area contributed by atoms with Crippen molar-refractivity contribution in [2.24, 2.45) is 0 Å². The second-order valence-electron chi connectivity index (χ2n) is 7.25.